The smallest absolute Gasteiger partial charge is 0.261 e. The maximum Gasteiger partial charge on any atom is 0.261 e. The summed E-state index contributed by atoms with van der Waals surface area (Å²) >= 11 is 0. The van der Waals surface area contributed by atoms with E-state index in [0.29, 0.717) is 12.1 Å². The molecular weight excluding hydrogens is 288 g/mol. The molecule has 1 rings (SSSR count). The first kappa shape index (κ1) is 17.9. The van der Waals surface area contributed by atoms with E-state index >= 15 is 0 Å². The molecule has 0 amide bonds. The quantitative estimate of drug-likeness (QED) is 0.753. The lowest BCUT2D eigenvalue weighted by atomic mass is 10.1. The van der Waals surface area contributed by atoms with E-state index in [1.807, 2.05) is 34.6 Å². The zero-order chi connectivity index (χ0) is 16.3. The second-order valence-corrected chi connectivity index (χ2v) is 8.05. The number of aromatic nitrogens is 2. The third-order valence-corrected chi connectivity index (χ3v) is 5.12. The first-order chi connectivity index (χ1) is 9.60. The molecule has 0 saturated heterocycles. The molecule has 0 bridgehead atoms. The highest BCUT2D eigenvalue weighted by atomic mass is 32.2. The summed E-state index contributed by atoms with van der Waals surface area (Å²) in [5, 5.41) is 9.87. The van der Waals surface area contributed by atoms with E-state index in [4.69, 9.17) is 0 Å². The molecule has 0 unspecified atom stereocenters. The van der Waals surface area contributed by atoms with Gasteiger partial charge in [-0.3, -0.25) is 5.10 Å². The van der Waals surface area contributed by atoms with E-state index in [1.165, 1.54) is 4.31 Å². The number of nitrogens with one attached hydrogen (secondary N) is 2. The second-order valence-electron chi connectivity index (χ2n) is 6.26. The van der Waals surface area contributed by atoms with Crippen molar-refractivity contribution < 1.29 is 8.42 Å². The van der Waals surface area contributed by atoms with Gasteiger partial charge in [-0.2, -0.15) is 9.40 Å². The molecule has 120 valence electrons. The van der Waals surface area contributed by atoms with E-state index in [-0.39, 0.29) is 17.6 Å². The van der Waals surface area contributed by atoms with Gasteiger partial charge in [-0.1, -0.05) is 19.9 Å². The number of nitrogens with zero attached hydrogens (tertiary/aromatic N) is 2. The first-order valence-corrected chi connectivity index (χ1v) is 8.44. The Hall–Kier alpha value is -1.18. The average Bonchev–Trinajstić information content (AvgIpc) is 2.80. The number of sulfonamides is 1. The van der Waals surface area contributed by atoms with Crippen LogP contribution < -0.4 is 5.32 Å². The minimum Gasteiger partial charge on any atom is -0.310 e. The molecule has 0 radical (unpaired) electrons. The molecule has 0 atom stereocenters. The van der Waals surface area contributed by atoms with Crippen LogP contribution in [0.1, 0.15) is 40.2 Å². The molecule has 7 heteroatoms. The third kappa shape index (κ3) is 4.39. The number of hydrogen-bond donors (Lipinski definition) is 2. The Bertz CT molecular complexity index is 570. The van der Waals surface area contributed by atoms with E-state index in [0.717, 1.165) is 0 Å². The molecule has 1 heterocycles. The van der Waals surface area contributed by atoms with Crippen molar-refractivity contribution in [3.63, 3.8) is 0 Å². The normalized spacial score (nSPS) is 13.1. The Morgan fingerprint density at radius 3 is 2.57 bits per heavy atom. The zero-order valence-corrected chi connectivity index (χ0v) is 14.3. The fraction of sp³-hybridized carbons (Fsp3) is 0.643. The van der Waals surface area contributed by atoms with Crippen LogP contribution in [0.3, 0.4) is 0 Å². The Morgan fingerprint density at radius 1 is 1.48 bits per heavy atom. The van der Waals surface area contributed by atoms with Gasteiger partial charge in [0, 0.05) is 30.2 Å². The second kappa shape index (κ2) is 6.72. The maximum absolute atomic E-state index is 12.9. The van der Waals surface area contributed by atoms with Gasteiger partial charge in [-0.05, 0) is 20.8 Å². The molecule has 0 aliphatic carbocycles. The van der Waals surface area contributed by atoms with Crippen molar-refractivity contribution in [2.24, 2.45) is 0 Å². The highest BCUT2D eigenvalue weighted by Crippen LogP contribution is 2.25. The Balaban J connectivity index is 3.17. The zero-order valence-electron chi connectivity index (χ0n) is 13.5. The Labute approximate surface area is 127 Å². The minimum atomic E-state index is -3.65. The fourth-order valence-corrected chi connectivity index (χ4v) is 3.79. The number of H-pyrrole nitrogens is 1. The van der Waals surface area contributed by atoms with Gasteiger partial charge < -0.3 is 5.32 Å². The molecule has 1 aromatic heterocycles. The van der Waals surface area contributed by atoms with Crippen molar-refractivity contribution in [2.75, 3.05) is 6.54 Å². The van der Waals surface area contributed by atoms with E-state index in [1.54, 1.807) is 12.3 Å². The number of hydrogen-bond acceptors (Lipinski definition) is 4. The van der Waals surface area contributed by atoms with Crippen LogP contribution in [0.2, 0.25) is 0 Å². The van der Waals surface area contributed by atoms with Crippen LogP contribution in [-0.4, -0.2) is 41.0 Å². The van der Waals surface area contributed by atoms with E-state index in [2.05, 4.69) is 22.1 Å². The third-order valence-electron chi connectivity index (χ3n) is 2.97. The Morgan fingerprint density at radius 2 is 2.10 bits per heavy atom. The number of rotatable bonds is 7. The minimum absolute atomic E-state index is 0.146. The van der Waals surface area contributed by atoms with Gasteiger partial charge in [-0.15, -0.1) is 6.58 Å². The summed E-state index contributed by atoms with van der Waals surface area (Å²) in [6.07, 6.45) is 3.14. The molecule has 0 fully saturated rings. The van der Waals surface area contributed by atoms with Crippen LogP contribution in [0.15, 0.2) is 23.9 Å². The predicted octanol–water partition coefficient (Wildman–Crippen LogP) is 1.88. The summed E-state index contributed by atoms with van der Waals surface area (Å²) < 4.78 is 27.2. The summed E-state index contributed by atoms with van der Waals surface area (Å²) in [5.74, 6) is 0. The van der Waals surface area contributed by atoms with Crippen molar-refractivity contribution >= 4 is 10.0 Å². The van der Waals surface area contributed by atoms with Crippen LogP contribution in [0, 0.1) is 0 Å². The summed E-state index contributed by atoms with van der Waals surface area (Å²) in [6, 6.07) is 0.266. The van der Waals surface area contributed by atoms with Crippen molar-refractivity contribution in [1.82, 2.24) is 19.8 Å². The molecular formula is C14H26N4O2S. The van der Waals surface area contributed by atoms with Crippen LogP contribution in [-0.2, 0) is 16.6 Å². The lowest BCUT2D eigenvalue weighted by Crippen LogP contribution is -2.46. The summed E-state index contributed by atoms with van der Waals surface area (Å²) in [4.78, 5) is 0. The topological polar surface area (TPSA) is 78.1 Å². The molecule has 2 N–H and O–H groups in total. The molecule has 0 spiro atoms. The summed E-state index contributed by atoms with van der Waals surface area (Å²) in [5.41, 5.74) is 0.1000. The molecule has 21 heavy (non-hydrogen) atoms. The van der Waals surface area contributed by atoms with Gasteiger partial charge in [0.05, 0.1) is 6.20 Å². The molecule has 0 aliphatic rings. The SMILES string of the molecule is C=CCN(C(C)(C)C)S(=O)(=O)c1[nH]ncc1CNC(C)C. The first-order valence-electron chi connectivity index (χ1n) is 7.00. The molecule has 6 nitrogen and oxygen atoms in total. The summed E-state index contributed by atoms with van der Waals surface area (Å²) in [6.45, 7) is 13.9. The van der Waals surface area contributed by atoms with E-state index in [9.17, 15) is 8.42 Å². The Kier molecular flexibility index (Phi) is 5.72. The number of aromatic amines is 1. The highest BCUT2D eigenvalue weighted by molar-refractivity contribution is 7.89. The maximum atomic E-state index is 12.9. The van der Waals surface area contributed by atoms with Crippen molar-refractivity contribution in [3.05, 3.63) is 24.4 Å². The van der Waals surface area contributed by atoms with Crippen LogP contribution >= 0.6 is 0 Å². The van der Waals surface area contributed by atoms with Gasteiger partial charge in [0.15, 0.2) is 5.03 Å². The molecule has 0 saturated carbocycles. The fourth-order valence-electron chi connectivity index (χ4n) is 1.92. The highest BCUT2D eigenvalue weighted by Gasteiger charge is 2.35. The average molecular weight is 314 g/mol. The van der Waals surface area contributed by atoms with Crippen LogP contribution in [0.4, 0.5) is 0 Å². The monoisotopic (exact) mass is 314 g/mol. The van der Waals surface area contributed by atoms with Gasteiger partial charge in [0.25, 0.3) is 10.0 Å². The van der Waals surface area contributed by atoms with Crippen LogP contribution in [0.5, 0.6) is 0 Å². The standard InChI is InChI=1S/C14H26N4O2S/c1-7-8-18(14(4,5)6)21(19,20)13-12(10-16-17-13)9-15-11(2)3/h7,10-11,15H,1,8-9H2,2-6H3,(H,16,17). The van der Waals surface area contributed by atoms with Crippen molar-refractivity contribution in [2.45, 2.75) is 57.8 Å². The largest absolute Gasteiger partial charge is 0.310 e. The van der Waals surface area contributed by atoms with Crippen molar-refractivity contribution in [3.8, 4) is 0 Å². The predicted molar refractivity (Wildman–Crippen MR) is 84.4 cm³/mol. The summed E-state index contributed by atoms with van der Waals surface area (Å²) in [7, 11) is -3.65. The molecule has 0 aromatic carbocycles. The van der Waals surface area contributed by atoms with Crippen LogP contribution in [0.25, 0.3) is 0 Å². The molecule has 1 aromatic rings. The van der Waals surface area contributed by atoms with Gasteiger partial charge in [0.1, 0.15) is 0 Å². The lowest BCUT2D eigenvalue weighted by molar-refractivity contribution is 0.269. The molecule has 0 aliphatic heterocycles. The van der Waals surface area contributed by atoms with Gasteiger partial charge in [-0.25, -0.2) is 8.42 Å². The van der Waals surface area contributed by atoms with Gasteiger partial charge >= 0.3 is 0 Å². The van der Waals surface area contributed by atoms with E-state index < -0.39 is 15.6 Å². The van der Waals surface area contributed by atoms with Crippen molar-refractivity contribution in [1.29, 1.82) is 0 Å². The van der Waals surface area contributed by atoms with Gasteiger partial charge in [0.2, 0.25) is 0 Å². The lowest BCUT2D eigenvalue weighted by Gasteiger charge is -2.33.